The molecule has 0 saturated heterocycles. The van der Waals surface area contributed by atoms with Crippen LogP contribution in [0.15, 0.2) is 18.2 Å². The number of nitrogens with two attached hydrogens (primary N) is 1. The van der Waals surface area contributed by atoms with Crippen LogP contribution in [0.25, 0.3) is 0 Å². The largest absolute Gasteiger partial charge is 0.513 e. The zero-order valence-electron chi connectivity index (χ0n) is 19.4. The zero-order valence-corrected chi connectivity index (χ0v) is 19.4. The smallest absolute Gasteiger partial charge is 0.480 e. The van der Waals surface area contributed by atoms with Crippen molar-refractivity contribution in [2.45, 2.75) is 58.1 Å². The maximum atomic E-state index is 12.1. The monoisotopic (exact) mass is 469 g/mol. The second-order valence-electron chi connectivity index (χ2n) is 7.54. The van der Waals surface area contributed by atoms with Crippen molar-refractivity contribution in [2.24, 2.45) is 11.7 Å². The highest BCUT2D eigenvalue weighted by Crippen LogP contribution is 2.35. The van der Waals surface area contributed by atoms with Crippen LogP contribution < -0.4 is 15.2 Å². The fourth-order valence-corrected chi connectivity index (χ4v) is 2.95. The van der Waals surface area contributed by atoms with Crippen LogP contribution in [-0.2, 0) is 23.8 Å². The molecular formula is C22H31NO10. The van der Waals surface area contributed by atoms with Crippen molar-refractivity contribution in [3.63, 3.8) is 0 Å². The van der Waals surface area contributed by atoms with E-state index in [0.717, 1.165) is 20.6 Å². The molecule has 0 spiro atoms. The Kier molecular flexibility index (Phi) is 11.1. The lowest BCUT2D eigenvalue weighted by Gasteiger charge is -2.25. The Labute approximate surface area is 192 Å². The molecule has 0 aliphatic rings. The Balaban J connectivity index is 3.23. The van der Waals surface area contributed by atoms with Gasteiger partial charge in [0, 0.05) is 12.3 Å². The van der Waals surface area contributed by atoms with Gasteiger partial charge in [0.1, 0.15) is 6.04 Å². The SMILES string of the molecule is CCC(C)CC(=O)OC(C)CC(c1ccc(OC(=O)OC)c(OC(=O)OC)c1)[C@H](N)C(=O)O. The van der Waals surface area contributed by atoms with Crippen molar-refractivity contribution >= 4 is 24.2 Å². The Morgan fingerprint density at radius 2 is 1.58 bits per heavy atom. The normalized spacial score (nSPS) is 14.2. The number of hydrogen-bond donors (Lipinski definition) is 2. The third kappa shape index (κ3) is 8.97. The molecule has 0 radical (unpaired) electrons. The van der Waals surface area contributed by atoms with Crippen LogP contribution in [0.5, 0.6) is 11.5 Å². The van der Waals surface area contributed by atoms with Crippen molar-refractivity contribution in [2.75, 3.05) is 14.2 Å². The molecular weight excluding hydrogens is 438 g/mol. The number of benzene rings is 1. The van der Waals surface area contributed by atoms with Gasteiger partial charge < -0.3 is 34.5 Å². The topological polar surface area (TPSA) is 161 Å². The Bertz CT molecular complexity index is 840. The summed E-state index contributed by atoms with van der Waals surface area (Å²) in [6.07, 6.45) is -1.65. The molecule has 33 heavy (non-hydrogen) atoms. The second kappa shape index (κ2) is 13.3. The fourth-order valence-electron chi connectivity index (χ4n) is 2.95. The maximum Gasteiger partial charge on any atom is 0.513 e. The van der Waals surface area contributed by atoms with Crippen molar-refractivity contribution in [1.29, 1.82) is 0 Å². The van der Waals surface area contributed by atoms with E-state index < -0.39 is 42.3 Å². The van der Waals surface area contributed by atoms with Gasteiger partial charge in [-0.2, -0.15) is 0 Å². The summed E-state index contributed by atoms with van der Waals surface area (Å²) in [5.41, 5.74) is 6.27. The van der Waals surface area contributed by atoms with Gasteiger partial charge in [-0.1, -0.05) is 26.3 Å². The van der Waals surface area contributed by atoms with Crippen LogP contribution in [-0.4, -0.2) is 55.7 Å². The highest BCUT2D eigenvalue weighted by atomic mass is 16.7. The molecule has 1 rings (SSSR count). The average molecular weight is 469 g/mol. The summed E-state index contributed by atoms with van der Waals surface area (Å²) in [6, 6.07) is 2.70. The van der Waals surface area contributed by atoms with E-state index in [1.54, 1.807) is 6.92 Å². The first-order valence-electron chi connectivity index (χ1n) is 10.4. The number of hydrogen-bond acceptors (Lipinski definition) is 10. The third-order valence-corrected chi connectivity index (χ3v) is 4.97. The Hall–Kier alpha value is -3.34. The number of carboxylic acid groups (broad SMARTS) is 1. The molecule has 3 N–H and O–H groups in total. The first-order valence-corrected chi connectivity index (χ1v) is 10.4. The van der Waals surface area contributed by atoms with E-state index >= 15 is 0 Å². The van der Waals surface area contributed by atoms with E-state index in [-0.39, 0.29) is 30.3 Å². The molecule has 1 aromatic carbocycles. The van der Waals surface area contributed by atoms with Gasteiger partial charge in [0.05, 0.1) is 20.3 Å². The summed E-state index contributed by atoms with van der Waals surface area (Å²) in [5.74, 6) is -2.72. The van der Waals surface area contributed by atoms with Gasteiger partial charge in [-0.25, -0.2) is 9.59 Å². The molecule has 0 aliphatic heterocycles. The van der Waals surface area contributed by atoms with E-state index in [1.807, 2.05) is 13.8 Å². The molecule has 0 amide bonds. The number of carboxylic acids is 1. The van der Waals surface area contributed by atoms with Gasteiger partial charge in [-0.3, -0.25) is 9.59 Å². The molecule has 11 heteroatoms. The molecule has 184 valence electrons. The average Bonchev–Trinajstić information content (AvgIpc) is 2.77. The first kappa shape index (κ1) is 27.7. The quantitative estimate of drug-likeness (QED) is 0.278. The third-order valence-electron chi connectivity index (χ3n) is 4.97. The number of carbonyl (C=O) groups excluding carboxylic acids is 3. The fraction of sp³-hybridized carbons (Fsp3) is 0.545. The summed E-state index contributed by atoms with van der Waals surface area (Å²) < 4.78 is 24.3. The zero-order chi connectivity index (χ0) is 25.1. The van der Waals surface area contributed by atoms with E-state index in [1.165, 1.54) is 18.2 Å². The molecule has 0 saturated carbocycles. The van der Waals surface area contributed by atoms with Crippen molar-refractivity contribution in [3.05, 3.63) is 23.8 Å². The highest BCUT2D eigenvalue weighted by Gasteiger charge is 2.30. The molecule has 4 atom stereocenters. The van der Waals surface area contributed by atoms with E-state index in [2.05, 4.69) is 9.47 Å². The van der Waals surface area contributed by atoms with Crippen molar-refractivity contribution in [3.8, 4) is 11.5 Å². The molecule has 0 heterocycles. The molecule has 0 aliphatic carbocycles. The number of rotatable bonds is 11. The predicted octanol–water partition coefficient (Wildman–Crippen LogP) is 3.23. The maximum absolute atomic E-state index is 12.1. The van der Waals surface area contributed by atoms with Crippen LogP contribution in [0, 0.1) is 5.92 Å². The summed E-state index contributed by atoms with van der Waals surface area (Å²) in [7, 11) is 2.19. The van der Waals surface area contributed by atoms with Crippen molar-refractivity contribution in [1.82, 2.24) is 0 Å². The molecule has 0 aromatic heterocycles. The minimum absolute atomic E-state index is 0.0780. The number of aliphatic carboxylic acids is 1. The number of esters is 1. The van der Waals surface area contributed by atoms with Gasteiger partial charge >= 0.3 is 24.2 Å². The molecule has 0 fully saturated rings. The van der Waals surface area contributed by atoms with Gasteiger partial charge in [0.2, 0.25) is 0 Å². The lowest BCUT2D eigenvalue weighted by Crippen LogP contribution is -2.38. The molecule has 0 bridgehead atoms. The van der Waals surface area contributed by atoms with Gasteiger partial charge in [0.15, 0.2) is 11.5 Å². The summed E-state index contributed by atoms with van der Waals surface area (Å²) in [6.45, 7) is 5.53. The van der Waals surface area contributed by atoms with Crippen LogP contribution in [0.3, 0.4) is 0 Å². The van der Waals surface area contributed by atoms with E-state index in [9.17, 15) is 24.3 Å². The van der Waals surface area contributed by atoms with Crippen LogP contribution in [0.1, 0.15) is 51.5 Å². The highest BCUT2D eigenvalue weighted by molar-refractivity contribution is 5.75. The summed E-state index contributed by atoms with van der Waals surface area (Å²) in [5, 5.41) is 9.49. The second-order valence-corrected chi connectivity index (χ2v) is 7.54. The number of carbonyl (C=O) groups is 4. The van der Waals surface area contributed by atoms with Gasteiger partial charge in [-0.15, -0.1) is 0 Å². The Morgan fingerprint density at radius 3 is 2.09 bits per heavy atom. The van der Waals surface area contributed by atoms with E-state index in [0.29, 0.717) is 5.56 Å². The molecule has 3 unspecified atom stereocenters. The standard InChI is InChI=1S/C22H31NO10/c1-6-12(2)9-18(24)31-13(3)10-15(19(23)20(25)26)14-7-8-16(32-21(27)29-4)17(11-14)33-22(28)30-5/h7-8,11-13,15,19H,6,9-10,23H2,1-5H3,(H,25,26)/t12?,13?,15?,19-/m0/s1. The first-order chi connectivity index (χ1) is 15.5. The minimum atomic E-state index is -1.36. The summed E-state index contributed by atoms with van der Waals surface area (Å²) in [4.78, 5) is 46.9. The Morgan fingerprint density at radius 1 is 1.00 bits per heavy atom. The van der Waals surface area contributed by atoms with Crippen LogP contribution in [0.2, 0.25) is 0 Å². The minimum Gasteiger partial charge on any atom is -0.480 e. The van der Waals surface area contributed by atoms with E-state index in [4.69, 9.17) is 19.9 Å². The van der Waals surface area contributed by atoms with Crippen LogP contribution in [0.4, 0.5) is 9.59 Å². The molecule has 11 nitrogen and oxygen atoms in total. The number of ether oxygens (including phenoxy) is 5. The lowest BCUT2D eigenvalue weighted by atomic mass is 9.87. The molecule has 1 aromatic rings. The summed E-state index contributed by atoms with van der Waals surface area (Å²) >= 11 is 0. The van der Waals surface area contributed by atoms with Gasteiger partial charge in [0.25, 0.3) is 0 Å². The lowest BCUT2D eigenvalue weighted by molar-refractivity contribution is -0.149. The van der Waals surface area contributed by atoms with Gasteiger partial charge in [-0.05, 0) is 37.0 Å². The predicted molar refractivity (Wildman–Crippen MR) is 115 cm³/mol. The number of methoxy groups -OCH3 is 2. The van der Waals surface area contributed by atoms with Crippen LogP contribution >= 0.6 is 0 Å². The van der Waals surface area contributed by atoms with Crippen molar-refractivity contribution < 1.29 is 48.0 Å².